The standard InChI is InChI=1S/C17H16N4O/c1-12-11-16(13-5-3-2-4-6-13)21(20-12)15-9-7-14(8-10-15)19-17(18)22/h2-11H,1H3,(H3,18,19,22). The number of amides is 2. The molecule has 0 saturated heterocycles. The summed E-state index contributed by atoms with van der Waals surface area (Å²) in [4.78, 5) is 10.9. The van der Waals surface area contributed by atoms with Crippen molar-refractivity contribution in [2.24, 2.45) is 5.73 Å². The van der Waals surface area contributed by atoms with Crippen molar-refractivity contribution in [3.63, 3.8) is 0 Å². The number of carbonyl (C=O) groups is 1. The zero-order valence-corrected chi connectivity index (χ0v) is 12.2. The molecule has 1 aromatic heterocycles. The van der Waals surface area contributed by atoms with Crippen LogP contribution in [0.1, 0.15) is 5.69 Å². The minimum absolute atomic E-state index is 0.576. The van der Waals surface area contributed by atoms with Gasteiger partial charge in [0.1, 0.15) is 0 Å². The van der Waals surface area contributed by atoms with E-state index >= 15 is 0 Å². The number of aryl methyl sites for hydroxylation is 1. The fourth-order valence-electron chi connectivity index (χ4n) is 2.34. The van der Waals surface area contributed by atoms with Gasteiger partial charge in [-0.3, -0.25) is 0 Å². The minimum atomic E-state index is -0.576. The highest BCUT2D eigenvalue weighted by atomic mass is 16.2. The Labute approximate surface area is 128 Å². The molecule has 0 aliphatic carbocycles. The van der Waals surface area contributed by atoms with Gasteiger partial charge < -0.3 is 11.1 Å². The van der Waals surface area contributed by atoms with E-state index in [2.05, 4.69) is 22.5 Å². The Kier molecular flexibility index (Phi) is 3.62. The van der Waals surface area contributed by atoms with Gasteiger partial charge in [0.25, 0.3) is 0 Å². The quantitative estimate of drug-likeness (QED) is 0.777. The van der Waals surface area contributed by atoms with Crippen molar-refractivity contribution in [2.45, 2.75) is 6.92 Å². The Balaban J connectivity index is 2.00. The van der Waals surface area contributed by atoms with E-state index in [0.29, 0.717) is 5.69 Å². The molecule has 0 fully saturated rings. The first kappa shape index (κ1) is 13.9. The van der Waals surface area contributed by atoms with Gasteiger partial charge in [0.15, 0.2) is 0 Å². The number of urea groups is 1. The monoisotopic (exact) mass is 292 g/mol. The van der Waals surface area contributed by atoms with Crippen LogP contribution in [-0.2, 0) is 0 Å². The molecule has 0 bridgehead atoms. The molecule has 110 valence electrons. The molecular formula is C17H16N4O. The molecule has 1 heterocycles. The zero-order valence-electron chi connectivity index (χ0n) is 12.2. The van der Waals surface area contributed by atoms with E-state index in [9.17, 15) is 4.79 Å². The predicted octanol–water partition coefficient (Wildman–Crippen LogP) is 3.34. The van der Waals surface area contributed by atoms with Crippen molar-refractivity contribution < 1.29 is 4.79 Å². The summed E-state index contributed by atoms with van der Waals surface area (Å²) in [7, 11) is 0. The SMILES string of the molecule is Cc1cc(-c2ccccc2)n(-c2ccc(NC(N)=O)cc2)n1. The second-order valence-corrected chi connectivity index (χ2v) is 4.98. The third-order valence-electron chi connectivity index (χ3n) is 3.28. The van der Waals surface area contributed by atoms with Crippen LogP contribution in [0.5, 0.6) is 0 Å². The lowest BCUT2D eigenvalue weighted by molar-refractivity contribution is 0.259. The van der Waals surface area contributed by atoms with E-state index in [4.69, 9.17) is 5.73 Å². The maximum Gasteiger partial charge on any atom is 0.316 e. The van der Waals surface area contributed by atoms with Crippen LogP contribution in [0.4, 0.5) is 10.5 Å². The summed E-state index contributed by atoms with van der Waals surface area (Å²) in [5.74, 6) is 0. The van der Waals surface area contributed by atoms with Crippen molar-refractivity contribution in [2.75, 3.05) is 5.32 Å². The van der Waals surface area contributed by atoms with E-state index in [1.165, 1.54) is 0 Å². The summed E-state index contributed by atoms with van der Waals surface area (Å²) in [5, 5.41) is 7.10. The summed E-state index contributed by atoms with van der Waals surface area (Å²) >= 11 is 0. The average molecular weight is 292 g/mol. The van der Waals surface area contributed by atoms with Crippen LogP contribution >= 0.6 is 0 Å². The maximum absolute atomic E-state index is 10.9. The highest BCUT2D eigenvalue weighted by molar-refractivity contribution is 5.87. The van der Waals surface area contributed by atoms with Gasteiger partial charge in [-0.15, -0.1) is 0 Å². The Hall–Kier alpha value is -3.08. The molecule has 0 atom stereocenters. The van der Waals surface area contributed by atoms with Crippen molar-refractivity contribution in [3.8, 4) is 16.9 Å². The Morgan fingerprint density at radius 1 is 1.09 bits per heavy atom. The topological polar surface area (TPSA) is 72.9 Å². The molecule has 0 saturated carbocycles. The number of primary amides is 1. The summed E-state index contributed by atoms with van der Waals surface area (Å²) < 4.78 is 1.89. The first-order chi connectivity index (χ1) is 10.6. The Morgan fingerprint density at radius 3 is 2.41 bits per heavy atom. The van der Waals surface area contributed by atoms with Crippen LogP contribution < -0.4 is 11.1 Å². The summed E-state index contributed by atoms with van der Waals surface area (Å²) in [6.45, 7) is 1.96. The van der Waals surface area contributed by atoms with E-state index in [1.54, 1.807) is 12.1 Å². The number of nitrogens with two attached hydrogens (primary N) is 1. The Bertz CT molecular complexity index is 791. The number of anilines is 1. The molecule has 0 spiro atoms. The highest BCUT2D eigenvalue weighted by Gasteiger charge is 2.09. The normalized spacial score (nSPS) is 10.4. The molecule has 0 unspecified atom stereocenters. The van der Waals surface area contributed by atoms with Crippen LogP contribution in [0.2, 0.25) is 0 Å². The first-order valence-electron chi connectivity index (χ1n) is 6.92. The molecule has 3 rings (SSSR count). The number of hydrogen-bond donors (Lipinski definition) is 2. The van der Waals surface area contributed by atoms with Crippen LogP contribution in [0.25, 0.3) is 16.9 Å². The van der Waals surface area contributed by atoms with Gasteiger partial charge in [0, 0.05) is 11.3 Å². The third kappa shape index (κ3) is 2.83. The van der Waals surface area contributed by atoms with Gasteiger partial charge in [-0.25, -0.2) is 9.48 Å². The second-order valence-electron chi connectivity index (χ2n) is 4.98. The lowest BCUT2D eigenvalue weighted by Gasteiger charge is -2.09. The molecule has 3 aromatic rings. The van der Waals surface area contributed by atoms with Crippen molar-refractivity contribution >= 4 is 11.7 Å². The van der Waals surface area contributed by atoms with Crippen LogP contribution in [0.15, 0.2) is 60.7 Å². The number of hydrogen-bond acceptors (Lipinski definition) is 2. The van der Waals surface area contributed by atoms with Crippen LogP contribution in [-0.4, -0.2) is 15.8 Å². The molecule has 2 amide bonds. The molecule has 5 nitrogen and oxygen atoms in total. The Morgan fingerprint density at radius 2 is 1.77 bits per heavy atom. The van der Waals surface area contributed by atoms with E-state index in [-0.39, 0.29) is 0 Å². The number of nitrogens with one attached hydrogen (secondary N) is 1. The number of rotatable bonds is 3. The molecule has 0 radical (unpaired) electrons. The molecule has 0 aliphatic rings. The highest BCUT2D eigenvalue weighted by Crippen LogP contribution is 2.24. The van der Waals surface area contributed by atoms with Crippen LogP contribution in [0, 0.1) is 6.92 Å². The van der Waals surface area contributed by atoms with Crippen molar-refractivity contribution in [1.29, 1.82) is 0 Å². The van der Waals surface area contributed by atoms with Gasteiger partial charge in [-0.2, -0.15) is 5.10 Å². The predicted molar refractivity (Wildman–Crippen MR) is 86.9 cm³/mol. The van der Waals surface area contributed by atoms with E-state index < -0.39 is 6.03 Å². The van der Waals surface area contributed by atoms with Crippen molar-refractivity contribution in [3.05, 3.63) is 66.4 Å². The second kappa shape index (κ2) is 5.73. The average Bonchev–Trinajstić information content (AvgIpc) is 2.90. The summed E-state index contributed by atoms with van der Waals surface area (Å²) in [6, 6.07) is 18.9. The fourth-order valence-corrected chi connectivity index (χ4v) is 2.34. The largest absolute Gasteiger partial charge is 0.351 e. The van der Waals surface area contributed by atoms with Gasteiger partial charge in [0.2, 0.25) is 0 Å². The summed E-state index contributed by atoms with van der Waals surface area (Å²) in [5.41, 5.74) is 9.75. The number of benzene rings is 2. The number of aromatic nitrogens is 2. The maximum atomic E-state index is 10.9. The third-order valence-corrected chi connectivity index (χ3v) is 3.28. The summed E-state index contributed by atoms with van der Waals surface area (Å²) in [6.07, 6.45) is 0. The zero-order chi connectivity index (χ0) is 15.5. The smallest absolute Gasteiger partial charge is 0.316 e. The molecule has 0 aliphatic heterocycles. The first-order valence-corrected chi connectivity index (χ1v) is 6.92. The molecule has 22 heavy (non-hydrogen) atoms. The van der Waals surface area contributed by atoms with Gasteiger partial charge in [0.05, 0.1) is 17.1 Å². The lowest BCUT2D eigenvalue weighted by Crippen LogP contribution is -2.19. The molecular weight excluding hydrogens is 276 g/mol. The van der Waals surface area contributed by atoms with Crippen LogP contribution in [0.3, 0.4) is 0 Å². The molecule has 3 N–H and O–H groups in total. The van der Waals surface area contributed by atoms with E-state index in [1.807, 2.05) is 48.0 Å². The van der Waals surface area contributed by atoms with Gasteiger partial charge in [-0.1, -0.05) is 30.3 Å². The van der Waals surface area contributed by atoms with Gasteiger partial charge >= 0.3 is 6.03 Å². The minimum Gasteiger partial charge on any atom is -0.351 e. The van der Waals surface area contributed by atoms with Gasteiger partial charge in [-0.05, 0) is 37.3 Å². The molecule has 2 aromatic carbocycles. The lowest BCUT2D eigenvalue weighted by atomic mass is 10.1. The number of nitrogens with zero attached hydrogens (tertiary/aromatic N) is 2. The van der Waals surface area contributed by atoms with Crippen molar-refractivity contribution in [1.82, 2.24) is 9.78 Å². The number of carbonyl (C=O) groups excluding carboxylic acids is 1. The van der Waals surface area contributed by atoms with E-state index in [0.717, 1.165) is 22.6 Å². The fraction of sp³-hybridized carbons (Fsp3) is 0.0588. The molecule has 5 heteroatoms.